The minimum Gasteiger partial charge on any atom is -0.366 e. The molecule has 100 valence electrons. The van der Waals surface area contributed by atoms with Crippen LogP contribution in [0.5, 0.6) is 0 Å². The van der Waals surface area contributed by atoms with Crippen LogP contribution in [0, 0.1) is 0 Å². The van der Waals surface area contributed by atoms with Crippen LogP contribution >= 0.6 is 0 Å². The first-order chi connectivity index (χ1) is 8.90. The number of nitrogens with zero attached hydrogens (tertiary/aromatic N) is 2. The SMILES string of the molecule is CN1N=C(c2ccc(C(N)=O)cc2)C(C)(NO)C1=O. The van der Waals surface area contributed by atoms with Crippen molar-refractivity contribution in [3.63, 3.8) is 0 Å². The highest BCUT2D eigenvalue weighted by Gasteiger charge is 2.46. The molecule has 0 aromatic heterocycles. The summed E-state index contributed by atoms with van der Waals surface area (Å²) in [6.07, 6.45) is 0. The molecular weight excluding hydrogens is 248 g/mol. The summed E-state index contributed by atoms with van der Waals surface area (Å²) in [5, 5.41) is 14.5. The van der Waals surface area contributed by atoms with Crippen LogP contribution in [0.3, 0.4) is 0 Å². The zero-order chi connectivity index (χ0) is 14.2. The highest BCUT2D eigenvalue weighted by atomic mass is 16.5. The van der Waals surface area contributed by atoms with Gasteiger partial charge in [-0.25, -0.2) is 5.01 Å². The maximum atomic E-state index is 11.9. The Bertz CT molecular complexity index is 567. The molecule has 7 nitrogen and oxygen atoms in total. The largest absolute Gasteiger partial charge is 0.366 e. The molecule has 7 heteroatoms. The van der Waals surface area contributed by atoms with Gasteiger partial charge in [0.2, 0.25) is 5.91 Å². The van der Waals surface area contributed by atoms with E-state index in [1.807, 2.05) is 5.48 Å². The van der Waals surface area contributed by atoms with Crippen LogP contribution in [-0.2, 0) is 4.79 Å². The number of hydrogen-bond acceptors (Lipinski definition) is 5. The first-order valence-corrected chi connectivity index (χ1v) is 5.59. The van der Waals surface area contributed by atoms with Crippen molar-refractivity contribution in [2.24, 2.45) is 10.8 Å². The van der Waals surface area contributed by atoms with E-state index in [2.05, 4.69) is 5.10 Å². The summed E-state index contributed by atoms with van der Waals surface area (Å²) >= 11 is 0. The number of hydrazone groups is 1. The second kappa shape index (κ2) is 4.45. The van der Waals surface area contributed by atoms with Crippen LogP contribution in [0.25, 0.3) is 0 Å². The Morgan fingerprint density at radius 1 is 1.42 bits per heavy atom. The number of carbonyl (C=O) groups is 2. The third-order valence-electron chi connectivity index (χ3n) is 3.11. The van der Waals surface area contributed by atoms with Gasteiger partial charge in [-0.1, -0.05) is 12.1 Å². The van der Waals surface area contributed by atoms with Crippen LogP contribution in [0.4, 0.5) is 0 Å². The zero-order valence-electron chi connectivity index (χ0n) is 10.5. The van der Waals surface area contributed by atoms with Gasteiger partial charge in [-0.15, -0.1) is 0 Å². The number of hydrogen-bond donors (Lipinski definition) is 3. The van der Waals surface area contributed by atoms with E-state index in [1.165, 1.54) is 14.0 Å². The molecule has 1 aliphatic heterocycles. The molecule has 1 atom stereocenters. The fourth-order valence-corrected chi connectivity index (χ4v) is 1.96. The van der Waals surface area contributed by atoms with E-state index >= 15 is 0 Å². The van der Waals surface area contributed by atoms with E-state index in [0.717, 1.165) is 5.01 Å². The normalized spacial score (nSPS) is 22.6. The van der Waals surface area contributed by atoms with Gasteiger partial charge in [0.15, 0.2) is 5.54 Å². The number of benzene rings is 1. The quantitative estimate of drug-likeness (QED) is 0.650. The molecule has 0 radical (unpaired) electrons. The highest BCUT2D eigenvalue weighted by Crippen LogP contribution is 2.23. The number of nitrogens with one attached hydrogen (secondary N) is 1. The second-order valence-corrected chi connectivity index (χ2v) is 4.46. The van der Waals surface area contributed by atoms with Crippen molar-refractivity contribution >= 4 is 17.5 Å². The molecule has 0 aliphatic carbocycles. The van der Waals surface area contributed by atoms with Gasteiger partial charge in [-0.2, -0.15) is 10.6 Å². The van der Waals surface area contributed by atoms with E-state index in [4.69, 9.17) is 5.73 Å². The molecule has 1 aromatic rings. The van der Waals surface area contributed by atoms with Crippen molar-refractivity contribution in [2.45, 2.75) is 12.5 Å². The Labute approximate surface area is 109 Å². The Morgan fingerprint density at radius 2 is 2.00 bits per heavy atom. The van der Waals surface area contributed by atoms with Crippen molar-refractivity contribution in [1.29, 1.82) is 0 Å². The summed E-state index contributed by atoms with van der Waals surface area (Å²) in [7, 11) is 1.50. The molecule has 0 fully saturated rings. The molecular formula is C12H14N4O3. The van der Waals surface area contributed by atoms with E-state index in [1.54, 1.807) is 24.3 Å². The summed E-state index contributed by atoms with van der Waals surface area (Å²) in [6, 6.07) is 6.34. The lowest BCUT2D eigenvalue weighted by Crippen LogP contribution is -2.53. The van der Waals surface area contributed by atoms with Crippen molar-refractivity contribution in [2.75, 3.05) is 7.05 Å². The van der Waals surface area contributed by atoms with E-state index in [0.29, 0.717) is 16.8 Å². The van der Waals surface area contributed by atoms with Gasteiger partial charge in [0.1, 0.15) is 0 Å². The van der Waals surface area contributed by atoms with Crippen molar-refractivity contribution in [3.8, 4) is 0 Å². The van der Waals surface area contributed by atoms with Crippen LogP contribution in [0.1, 0.15) is 22.8 Å². The van der Waals surface area contributed by atoms with Gasteiger partial charge in [0.25, 0.3) is 5.91 Å². The molecule has 2 amide bonds. The third-order valence-corrected chi connectivity index (χ3v) is 3.11. The Balaban J connectivity index is 2.43. The summed E-state index contributed by atoms with van der Waals surface area (Å²) in [5.41, 5.74) is 7.20. The van der Waals surface area contributed by atoms with Crippen molar-refractivity contribution in [3.05, 3.63) is 35.4 Å². The molecule has 2 rings (SSSR count). The minimum absolute atomic E-state index is 0.362. The molecule has 1 heterocycles. The number of carbonyl (C=O) groups excluding carboxylic acids is 2. The molecule has 0 bridgehead atoms. The average Bonchev–Trinajstić information content (AvgIpc) is 2.64. The number of rotatable bonds is 3. The number of amides is 2. The first-order valence-electron chi connectivity index (χ1n) is 5.59. The van der Waals surface area contributed by atoms with E-state index in [-0.39, 0.29) is 5.91 Å². The van der Waals surface area contributed by atoms with Gasteiger partial charge in [-0.3, -0.25) is 9.59 Å². The van der Waals surface area contributed by atoms with Crippen LogP contribution in [-0.4, -0.2) is 40.3 Å². The lowest BCUT2D eigenvalue weighted by atomic mass is 9.91. The average molecular weight is 262 g/mol. The predicted molar refractivity (Wildman–Crippen MR) is 67.6 cm³/mol. The smallest absolute Gasteiger partial charge is 0.270 e. The van der Waals surface area contributed by atoms with Crippen molar-refractivity contribution in [1.82, 2.24) is 10.5 Å². The molecule has 0 saturated carbocycles. The van der Waals surface area contributed by atoms with Crippen molar-refractivity contribution < 1.29 is 14.8 Å². The van der Waals surface area contributed by atoms with E-state index < -0.39 is 11.4 Å². The minimum atomic E-state index is -1.30. The summed E-state index contributed by atoms with van der Waals surface area (Å²) in [6.45, 7) is 1.53. The number of likely N-dealkylation sites (N-methyl/N-ethyl adjacent to an activating group) is 1. The second-order valence-electron chi connectivity index (χ2n) is 4.46. The summed E-state index contributed by atoms with van der Waals surface area (Å²) in [4.78, 5) is 22.9. The van der Waals surface area contributed by atoms with Crippen LogP contribution in [0.2, 0.25) is 0 Å². The first kappa shape index (κ1) is 13.2. The maximum Gasteiger partial charge on any atom is 0.270 e. The Hall–Kier alpha value is -2.25. The molecule has 1 aromatic carbocycles. The molecule has 0 saturated heterocycles. The lowest BCUT2D eigenvalue weighted by molar-refractivity contribution is -0.134. The predicted octanol–water partition coefficient (Wildman–Crippen LogP) is -0.301. The van der Waals surface area contributed by atoms with Gasteiger partial charge in [0.05, 0.1) is 5.71 Å². The van der Waals surface area contributed by atoms with E-state index in [9.17, 15) is 14.8 Å². The molecule has 1 unspecified atom stereocenters. The van der Waals surface area contributed by atoms with Crippen LogP contribution < -0.4 is 11.2 Å². The van der Waals surface area contributed by atoms with Gasteiger partial charge in [-0.05, 0) is 19.1 Å². The van der Waals surface area contributed by atoms with Gasteiger partial charge < -0.3 is 10.9 Å². The topological polar surface area (TPSA) is 108 Å². The standard InChI is InChI=1S/C12H14N4O3/c1-12(15-19)9(14-16(2)11(12)18)7-3-5-8(6-4-7)10(13)17/h3-6,15,19H,1-2H3,(H2,13,17). The monoisotopic (exact) mass is 262 g/mol. The molecule has 19 heavy (non-hydrogen) atoms. The third kappa shape index (κ3) is 1.98. The highest BCUT2D eigenvalue weighted by molar-refractivity contribution is 6.23. The maximum absolute atomic E-state index is 11.9. The zero-order valence-corrected chi connectivity index (χ0v) is 10.5. The Morgan fingerprint density at radius 3 is 2.47 bits per heavy atom. The van der Waals surface area contributed by atoms with Crippen LogP contribution in [0.15, 0.2) is 29.4 Å². The number of primary amides is 1. The number of nitrogens with two attached hydrogens (primary N) is 1. The van der Waals surface area contributed by atoms with Gasteiger partial charge >= 0.3 is 0 Å². The van der Waals surface area contributed by atoms with Gasteiger partial charge in [0, 0.05) is 18.2 Å². The number of hydroxylamine groups is 1. The Kier molecular flexibility index (Phi) is 3.09. The molecule has 4 N–H and O–H groups in total. The fourth-order valence-electron chi connectivity index (χ4n) is 1.96. The lowest BCUT2D eigenvalue weighted by Gasteiger charge is -2.21. The summed E-state index contributed by atoms with van der Waals surface area (Å²) in [5.74, 6) is -0.903. The molecule has 1 aliphatic rings. The fraction of sp³-hybridized carbons (Fsp3) is 0.250. The molecule has 0 spiro atoms. The summed E-state index contributed by atoms with van der Waals surface area (Å²) < 4.78 is 0.